The van der Waals surface area contributed by atoms with E-state index in [0.29, 0.717) is 24.3 Å². The molecule has 3 amide bonds. The Hall–Kier alpha value is -2.89. The number of carbonyl (C=O) groups is 2. The van der Waals surface area contributed by atoms with Gasteiger partial charge < -0.3 is 15.5 Å². The van der Waals surface area contributed by atoms with E-state index in [0.717, 1.165) is 5.56 Å². The molecule has 5 nitrogen and oxygen atoms in total. The Morgan fingerprint density at radius 3 is 2.30 bits per heavy atom. The van der Waals surface area contributed by atoms with Crippen LogP contribution in [-0.2, 0) is 6.54 Å². The van der Waals surface area contributed by atoms with Gasteiger partial charge in [-0.15, -0.1) is 0 Å². The lowest BCUT2D eigenvalue weighted by Gasteiger charge is -2.22. The highest BCUT2D eigenvalue weighted by atomic mass is 19.1. The van der Waals surface area contributed by atoms with Crippen molar-refractivity contribution in [3.63, 3.8) is 0 Å². The summed E-state index contributed by atoms with van der Waals surface area (Å²) in [6.07, 6.45) is 0. The summed E-state index contributed by atoms with van der Waals surface area (Å²) in [7, 11) is 0. The van der Waals surface area contributed by atoms with Gasteiger partial charge in [0, 0.05) is 29.9 Å². The number of rotatable bonds is 5. The van der Waals surface area contributed by atoms with Gasteiger partial charge in [0.05, 0.1) is 0 Å². The number of carbonyl (C=O) groups excluding carboxylic acids is 2. The number of nitrogens with one attached hydrogen (secondary N) is 2. The molecule has 0 bridgehead atoms. The van der Waals surface area contributed by atoms with E-state index in [1.165, 1.54) is 12.1 Å². The highest BCUT2D eigenvalue weighted by Gasteiger charge is 2.16. The second-order valence-electron chi connectivity index (χ2n) is 7.36. The zero-order valence-corrected chi connectivity index (χ0v) is 16.2. The van der Waals surface area contributed by atoms with Crippen molar-refractivity contribution in [2.24, 2.45) is 0 Å². The van der Waals surface area contributed by atoms with Gasteiger partial charge in [0.15, 0.2) is 0 Å². The standard InChI is InChI=1S/C21H26FN3O2/c1-5-25(14-15-7-6-8-17(22)13-15)20(27)23-18-11-9-16(10-12-18)19(26)24-21(2,3)4/h6-13H,5,14H2,1-4H3,(H,23,27)(H,24,26). The average Bonchev–Trinajstić information content (AvgIpc) is 2.58. The summed E-state index contributed by atoms with van der Waals surface area (Å²) in [5, 5.41) is 5.69. The molecule has 144 valence electrons. The number of amides is 3. The summed E-state index contributed by atoms with van der Waals surface area (Å²) in [4.78, 5) is 26.2. The topological polar surface area (TPSA) is 61.4 Å². The molecule has 2 aromatic carbocycles. The SMILES string of the molecule is CCN(Cc1cccc(F)c1)C(=O)Nc1ccc(C(=O)NC(C)(C)C)cc1. The van der Waals surface area contributed by atoms with E-state index in [-0.39, 0.29) is 23.3 Å². The van der Waals surface area contributed by atoms with Gasteiger partial charge in [0.25, 0.3) is 5.91 Å². The highest BCUT2D eigenvalue weighted by molar-refractivity contribution is 5.95. The summed E-state index contributed by atoms with van der Waals surface area (Å²) in [5.41, 5.74) is 1.52. The molecular formula is C21H26FN3O2. The molecule has 0 aromatic heterocycles. The van der Waals surface area contributed by atoms with E-state index in [9.17, 15) is 14.0 Å². The molecule has 0 saturated carbocycles. The number of urea groups is 1. The minimum atomic E-state index is -0.326. The molecule has 6 heteroatoms. The quantitative estimate of drug-likeness (QED) is 0.818. The van der Waals surface area contributed by atoms with E-state index in [1.807, 2.05) is 27.7 Å². The van der Waals surface area contributed by atoms with Crippen LogP contribution in [0.3, 0.4) is 0 Å². The molecule has 2 N–H and O–H groups in total. The monoisotopic (exact) mass is 371 g/mol. The van der Waals surface area contributed by atoms with Crippen LogP contribution < -0.4 is 10.6 Å². The molecule has 2 rings (SSSR count). The molecule has 27 heavy (non-hydrogen) atoms. The van der Waals surface area contributed by atoms with Gasteiger partial charge in [-0.2, -0.15) is 0 Å². The van der Waals surface area contributed by atoms with Crippen LogP contribution >= 0.6 is 0 Å². The maximum atomic E-state index is 13.3. The zero-order chi connectivity index (χ0) is 20.0. The lowest BCUT2D eigenvalue weighted by Crippen LogP contribution is -2.40. The van der Waals surface area contributed by atoms with Crippen molar-refractivity contribution in [2.45, 2.75) is 39.8 Å². The summed E-state index contributed by atoms with van der Waals surface area (Å²) < 4.78 is 13.3. The maximum absolute atomic E-state index is 13.3. The third kappa shape index (κ3) is 6.40. The smallest absolute Gasteiger partial charge is 0.322 e. The van der Waals surface area contributed by atoms with Crippen LogP contribution in [0.25, 0.3) is 0 Å². The predicted octanol–water partition coefficient (Wildman–Crippen LogP) is 4.41. The summed E-state index contributed by atoms with van der Waals surface area (Å²) in [5.74, 6) is -0.491. The van der Waals surface area contributed by atoms with Crippen molar-refractivity contribution in [1.82, 2.24) is 10.2 Å². The summed E-state index contributed by atoms with van der Waals surface area (Å²) in [6.45, 7) is 8.39. The molecule has 0 unspecified atom stereocenters. The lowest BCUT2D eigenvalue weighted by molar-refractivity contribution is 0.0919. The van der Waals surface area contributed by atoms with Gasteiger partial charge >= 0.3 is 6.03 Å². The predicted molar refractivity (Wildman–Crippen MR) is 105 cm³/mol. The molecule has 0 atom stereocenters. The van der Waals surface area contributed by atoms with Gasteiger partial charge in [0.2, 0.25) is 0 Å². The maximum Gasteiger partial charge on any atom is 0.322 e. The van der Waals surface area contributed by atoms with E-state index in [1.54, 1.807) is 41.3 Å². The first-order valence-corrected chi connectivity index (χ1v) is 8.91. The van der Waals surface area contributed by atoms with Gasteiger partial charge in [-0.25, -0.2) is 9.18 Å². The molecule has 0 spiro atoms. The Bertz CT molecular complexity index is 798. The number of hydrogen-bond acceptors (Lipinski definition) is 2. The van der Waals surface area contributed by atoms with Crippen molar-refractivity contribution in [3.05, 3.63) is 65.5 Å². The Balaban J connectivity index is 2.00. The molecule has 0 aliphatic carbocycles. The Morgan fingerprint density at radius 1 is 1.07 bits per heavy atom. The van der Waals surface area contributed by atoms with Crippen molar-refractivity contribution in [3.8, 4) is 0 Å². The Kier molecular flexibility index (Phi) is 6.55. The minimum Gasteiger partial charge on any atom is -0.347 e. The number of nitrogens with zero attached hydrogens (tertiary/aromatic N) is 1. The third-order valence-electron chi connectivity index (χ3n) is 3.82. The first-order valence-electron chi connectivity index (χ1n) is 8.91. The van der Waals surface area contributed by atoms with Crippen LogP contribution in [0.5, 0.6) is 0 Å². The fraction of sp³-hybridized carbons (Fsp3) is 0.333. The summed E-state index contributed by atoms with van der Waals surface area (Å²) in [6, 6.07) is 12.6. The largest absolute Gasteiger partial charge is 0.347 e. The fourth-order valence-electron chi connectivity index (χ4n) is 2.50. The first-order chi connectivity index (χ1) is 12.7. The molecule has 0 saturated heterocycles. The number of hydrogen-bond donors (Lipinski definition) is 2. The van der Waals surface area contributed by atoms with E-state index >= 15 is 0 Å². The van der Waals surface area contributed by atoms with Crippen molar-refractivity contribution < 1.29 is 14.0 Å². The third-order valence-corrected chi connectivity index (χ3v) is 3.82. The van der Waals surface area contributed by atoms with Crippen LogP contribution in [0.1, 0.15) is 43.6 Å². The first kappa shape index (κ1) is 20.4. The van der Waals surface area contributed by atoms with Crippen molar-refractivity contribution in [1.29, 1.82) is 0 Å². The van der Waals surface area contributed by atoms with Gasteiger partial charge in [-0.1, -0.05) is 12.1 Å². The second kappa shape index (κ2) is 8.66. The highest BCUT2D eigenvalue weighted by Crippen LogP contribution is 2.13. The van der Waals surface area contributed by atoms with E-state index in [2.05, 4.69) is 10.6 Å². The van der Waals surface area contributed by atoms with Crippen LogP contribution in [0.4, 0.5) is 14.9 Å². The molecule has 2 aromatic rings. The fourth-order valence-corrected chi connectivity index (χ4v) is 2.50. The molecule has 0 fully saturated rings. The molecule has 0 radical (unpaired) electrons. The van der Waals surface area contributed by atoms with Crippen molar-refractivity contribution >= 4 is 17.6 Å². The van der Waals surface area contributed by atoms with E-state index < -0.39 is 0 Å². The van der Waals surface area contributed by atoms with Gasteiger partial charge in [-0.3, -0.25) is 4.79 Å². The Labute approximate surface area is 159 Å². The average molecular weight is 371 g/mol. The second-order valence-corrected chi connectivity index (χ2v) is 7.36. The van der Waals surface area contributed by atoms with Crippen LogP contribution in [0.15, 0.2) is 48.5 Å². The van der Waals surface area contributed by atoms with Crippen LogP contribution in [0, 0.1) is 5.82 Å². The van der Waals surface area contributed by atoms with Crippen LogP contribution in [0.2, 0.25) is 0 Å². The molecule has 0 heterocycles. The zero-order valence-electron chi connectivity index (χ0n) is 16.2. The normalized spacial score (nSPS) is 11.0. The number of halogens is 1. The number of anilines is 1. The molecule has 0 aliphatic heterocycles. The summed E-state index contributed by atoms with van der Waals surface area (Å²) >= 11 is 0. The minimum absolute atomic E-state index is 0.165. The van der Waals surface area contributed by atoms with Gasteiger partial charge in [0.1, 0.15) is 5.82 Å². The molecule has 0 aliphatic rings. The van der Waals surface area contributed by atoms with Gasteiger partial charge in [-0.05, 0) is 69.7 Å². The van der Waals surface area contributed by atoms with Crippen molar-refractivity contribution in [2.75, 3.05) is 11.9 Å². The van der Waals surface area contributed by atoms with Crippen LogP contribution in [-0.4, -0.2) is 28.9 Å². The molecular weight excluding hydrogens is 345 g/mol. The number of benzene rings is 2. The van der Waals surface area contributed by atoms with E-state index in [4.69, 9.17) is 0 Å². The Morgan fingerprint density at radius 2 is 1.74 bits per heavy atom. The lowest BCUT2D eigenvalue weighted by atomic mass is 10.1.